The van der Waals surface area contributed by atoms with E-state index in [1.165, 1.54) is 19.3 Å². The van der Waals surface area contributed by atoms with E-state index in [2.05, 4.69) is 42.9 Å². The van der Waals surface area contributed by atoms with Crippen LogP contribution in [-0.2, 0) is 0 Å². The Kier molecular flexibility index (Phi) is 4.94. The molecule has 1 N–H and O–H groups in total. The van der Waals surface area contributed by atoms with Gasteiger partial charge in [0.15, 0.2) is 0 Å². The van der Waals surface area contributed by atoms with Crippen LogP contribution in [0, 0.1) is 11.3 Å². The lowest BCUT2D eigenvalue weighted by atomic mass is 9.99. The van der Waals surface area contributed by atoms with Crippen LogP contribution in [0.15, 0.2) is 40.6 Å². The van der Waals surface area contributed by atoms with Crippen LogP contribution in [0.1, 0.15) is 40.0 Å². The molecule has 0 aliphatic carbocycles. The van der Waals surface area contributed by atoms with Gasteiger partial charge in [-0.2, -0.15) is 0 Å². The molecule has 0 atom stereocenters. The number of unbranched alkanes of at least 4 members (excludes halogenated alkanes) is 1. The first-order valence-corrected chi connectivity index (χ1v) is 7.55. The van der Waals surface area contributed by atoms with Gasteiger partial charge in [0.1, 0.15) is 5.84 Å². The molecule has 0 bridgehead atoms. The Morgan fingerprint density at radius 2 is 2.10 bits per heavy atom. The van der Waals surface area contributed by atoms with Crippen molar-refractivity contribution in [3.05, 3.63) is 35.6 Å². The molecule has 108 valence electrons. The lowest BCUT2D eigenvalue weighted by Crippen LogP contribution is -2.33. The van der Waals surface area contributed by atoms with Gasteiger partial charge in [-0.15, -0.1) is 0 Å². The van der Waals surface area contributed by atoms with Crippen LogP contribution in [0.25, 0.3) is 0 Å². The number of hydrogen-bond acceptors (Lipinski definition) is 3. The normalized spacial score (nSPS) is 18.5. The van der Waals surface area contributed by atoms with E-state index >= 15 is 0 Å². The summed E-state index contributed by atoms with van der Waals surface area (Å²) in [5.41, 5.74) is 2.71. The minimum Gasteiger partial charge on any atom is -0.333 e. The summed E-state index contributed by atoms with van der Waals surface area (Å²) in [6.07, 6.45) is 11.8. The molecular weight excluding hydrogens is 246 g/mol. The number of allylic oxidation sites excluding steroid dienone is 3. The molecule has 0 saturated heterocycles. The third-order valence-corrected chi connectivity index (χ3v) is 3.73. The molecule has 2 aliphatic rings. The fraction of sp³-hybridized carbons (Fsp3) is 0.529. The molecular formula is C17H25N3. The van der Waals surface area contributed by atoms with Crippen LogP contribution in [0.5, 0.6) is 0 Å². The predicted molar refractivity (Wildman–Crippen MR) is 86.4 cm³/mol. The Balaban J connectivity index is 2.05. The summed E-state index contributed by atoms with van der Waals surface area (Å²) in [5.74, 6) is 1.75. The highest BCUT2D eigenvalue weighted by molar-refractivity contribution is 6.28. The molecule has 20 heavy (non-hydrogen) atoms. The Hall–Kier alpha value is -1.64. The number of hydrogen-bond donors (Lipinski definition) is 1. The summed E-state index contributed by atoms with van der Waals surface area (Å²) < 4.78 is 0. The molecule has 3 heteroatoms. The second-order valence-corrected chi connectivity index (χ2v) is 5.94. The zero-order valence-electron chi connectivity index (χ0n) is 12.8. The smallest absolute Gasteiger partial charge is 0.137 e. The summed E-state index contributed by atoms with van der Waals surface area (Å²) >= 11 is 0. The Bertz CT molecular complexity index is 492. The molecule has 0 spiro atoms. The van der Waals surface area contributed by atoms with Gasteiger partial charge < -0.3 is 10.3 Å². The summed E-state index contributed by atoms with van der Waals surface area (Å²) in [6, 6.07) is 0. The fourth-order valence-electron chi connectivity index (χ4n) is 2.59. The summed E-state index contributed by atoms with van der Waals surface area (Å²) in [7, 11) is 0. The van der Waals surface area contributed by atoms with Crippen LogP contribution in [0.2, 0.25) is 0 Å². The van der Waals surface area contributed by atoms with E-state index in [0.717, 1.165) is 29.4 Å². The van der Waals surface area contributed by atoms with Crippen molar-refractivity contribution in [3.8, 4) is 0 Å². The van der Waals surface area contributed by atoms with Crippen molar-refractivity contribution < 1.29 is 0 Å². The summed E-state index contributed by atoms with van der Waals surface area (Å²) in [5, 5.41) is 8.16. The van der Waals surface area contributed by atoms with Crippen LogP contribution in [0.3, 0.4) is 0 Å². The quantitative estimate of drug-likeness (QED) is 0.756. The lowest BCUT2D eigenvalue weighted by molar-refractivity contribution is 0.474. The minimum absolute atomic E-state index is 0.579. The van der Waals surface area contributed by atoms with Gasteiger partial charge in [-0.25, -0.2) is 0 Å². The van der Waals surface area contributed by atoms with Gasteiger partial charge in [-0.3, -0.25) is 4.99 Å². The summed E-state index contributed by atoms with van der Waals surface area (Å²) in [6.45, 7) is 8.27. The topological polar surface area (TPSA) is 39.5 Å². The highest BCUT2D eigenvalue weighted by atomic mass is 15.2. The second-order valence-electron chi connectivity index (χ2n) is 5.94. The molecule has 0 saturated carbocycles. The van der Waals surface area contributed by atoms with E-state index < -0.39 is 0 Å². The van der Waals surface area contributed by atoms with E-state index in [1.807, 2.05) is 12.2 Å². The zero-order valence-corrected chi connectivity index (χ0v) is 12.8. The van der Waals surface area contributed by atoms with E-state index in [4.69, 9.17) is 5.41 Å². The first-order valence-electron chi connectivity index (χ1n) is 7.55. The van der Waals surface area contributed by atoms with Crippen LogP contribution >= 0.6 is 0 Å². The Morgan fingerprint density at radius 1 is 1.30 bits per heavy atom. The molecule has 3 nitrogen and oxygen atoms in total. The largest absolute Gasteiger partial charge is 0.333 e. The van der Waals surface area contributed by atoms with Gasteiger partial charge in [0, 0.05) is 18.3 Å². The number of amidine groups is 1. The van der Waals surface area contributed by atoms with Gasteiger partial charge in [0.25, 0.3) is 0 Å². The predicted octanol–water partition coefficient (Wildman–Crippen LogP) is 3.95. The highest BCUT2D eigenvalue weighted by Gasteiger charge is 2.22. The SMILES string of the molecule is CC1=C2C(=N)C=CCN=C2N(CCCCC(C)C)C=C1. The van der Waals surface area contributed by atoms with Gasteiger partial charge in [-0.1, -0.05) is 32.8 Å². The molecule has 0 fully saturated rings. The number of aliphatic imine (C=N–C) groups is 1. The average molecular weight is 271 g/mol. The van der Waals surface area contributed by atoms with Gasteiger partial charge in [0.05, 0.1) is 12.3 Å². The highest BCUT2D eigenvalue weighted by Crippen LogP contribution is 2.21. The maximum atomic E-state index is 8.16. The van der Waals surface area contributed by atoms with Crippen molar-refractivity contribution in [1.29, 1.82) is 5.41 Å². The molecule has 2 heterocycles. The minimum atomic E-state index is 0.579. The molecule has 0 unspecified atom stereocenters. The third kappa shape index (κ3) is 3.47. The van der Waals surface area contributed by atoms with Gasteiger partial charge in [0.2, 0.25) is 0 Å². The van der Waals surface area contributed by atoms with Crippen LogP contribution in [0.4, 0.5) is 0 Å². The molecule has 2 aliphatic heterocycles. The first kappa shape index (κ1) is 14.8. The number of rotatable bonds is 5. The lowest BCUT2D eigenvalue weighted by Gasteiger charge is -2.28. The Morgan fingerprint density at radius 3 is 2.85 bits per heavy atom. The number of nitrogens with one attached hydrogen (secondary N) is 1. The maximum Gasteiger partial charge on any atom is 0.137 e. The van der Waals surface area contributed by atoms with E-state index in [-0.39, 0.29) is 0 Å². The van der Waals surface area contributed by atoms with Crippen LogP contribution < -0.4 is 0 Å². The zero-order chi connectivity index (χ0) is 14.5. The van der Waals surface area contributed by atoms with Gasteiger partial charge in [-0.05, 0) is 37.0 Å². The van der Waals surface area contributed by atoms with E-state index in [9.17, 15) is 0 Å². The van der Waals surface area contributed by atoms with Crippen molar-refractivity contribution in [2.75, 3.05) is 13.1 Å². The van der Waals surface area contributed by atoms with Crippen molar-refractivity contribution in [2.24, 2.45) is 10.9 Å². The van der Waals surface area contributed by atoms with E-state index in [1.54, 1.807) is 0 Å². The van der Waals surface area contributed by atoms with Crippen molar-refractivity contribution in [2.45, 2.75) is 40.0 Å². The third-order valence-electron chi connectivity index (χ3n) is 3.73. The molecule has 0 radical (unpaired) electrons. The van der Waals surface area contributed by atoms with E-state index in [0.29, 0.717) is 12.3 Å². The molecule has 0 aromatic rings. The maximum absolute atomic E-state index is 8.16. The van der Waals surface area contributed by atoms with Gasteiger partial charge >= 0.3 is 0 Å². The van der Waals surface area contributed by atoms with Crippen molar-refractivity contribution in [3.63, 3.8) is 0 Å². The van der Waals surface area contributed by atoms with Crippen molar-refractivity contribution >= 4 is 11.5 Å². The number of fused-ring (bicyclic) bond motifs is 1. The molecule has 0 aromatic carbocycles. The summed E-state index contributed by atoms with van der Waals surface area (Å²) in [4.78, 5) is 6.86. The second kappa shape index (κ2) is 6.69. The first-order chi connectivity index (χ1) is 9.59. The van der Waals surface area contributed by atoms with Crippen molar-refractivity contribution in [1.82, 2.24) is 4.90 Å². The average Bonchev–Trinajstić information content (AvgIpc) is 2.59. The molecule has 0 aromatic heterocycles. The molecule has 0 amide bonds. The monoisotopic (exact) mass is 271 g/mol. The number of nitrogens with zero attached hydrogens (tertiary/aromatic N) is 2. The fourth-order valence-corrected chi connectivity index (χ4v) is 2.59. The Labute approximate surface area is 122 Å². The van der Waals surface area contributed by atoms with Crippen LogP contribution in [-0.4, -0.2) is 29.5 Å². The molecule has 2 rings (SSSR count). The standard InChI is InChI=1S/C17H25N3/c1-13(2)7-4-5-11-20-12-9-14(3)16-15(18)8-6-10-19-17(16)20/h6,8-9,12-13,18H,4-5,7,10-11H2,1-3H3.